The Labute approximate surface area is 141 Å². The molecule has 1 aliphatic heterocycles. The van der Waals surface area contributed by atoms with Crippen molar-refractivity contribution in [3.05, 3.63) is 47.5 Å². The van der Waals surface area contributed by atoms with Gasteiger partial charge in [-0.25, -0.2) is 4.99 Å². The number of carbonyl (C=O) groups is 2. The Morgan fingerprint density at radius 1 is 1.42 bits per heavy atom. The molecule has 0 radical (unpaired) electrons. The molecule has 1 aromatic carbocycles. The summed E-state index contributed by atoms with van der Waals surface area (Å²) in [6, 6.07) is 7.17. The monoisotopic (exact) mass is 329 g/mol. The summed E-state index contributed by atoms with van der Waals surface area (Å²) in [6.07, 6.45) is 0. The molecule has 1 fully saturated rings. The van der Waals surface area contributed by atoms with Crippen molar-refractivity contribution in [2.75, 3.05) is 26.2 Å². The molecule has 0 atom stereocenters. The molecule has 2 rings (SSSR count). The quantitative estimate of drug-likeness (QED) is 0.409. The highest BCUT2D eigenvalue weighted by Gasteiger charge is 2.21. The summed E-state index contributed by atoms with van der Waals surface area (Å²) in [5, 5.41) is 5.66. The molecule has 0 unspecified atom stereocenters. The number of guanidine groups is 1. The third-order valence-corrected chi connectivity index (χ3v) is 3.53. The molecule has 1 saturated heterocycles. The van der Waals surface area contributed by atoms with E-state index in [1.165, 1.54) is 0 Å². The maximum absolute atomic E-state index is 12.4. The number of amides is 2. The minimum Gasteiger partial charge on any atom is -0.370 e. The predicted molar refractivity (Wildman–Crippen MR) is 93.5 cm³/mol. The molecule has 7 nitrogen and oxygen atoms in total. The topological polar surface area (TPSA) is 99.8 Å². The summed E-state index contributed by atoms with van der Waals surface area (Å²) in [6.45, 7) is 7.83. The molecular formula is C17H23N5O2. The Kier molecular flexibility index (Phi) is 5.95. The first-order chi connectivity index (χ1) is 11.5. The molecule has 7 heteroatoms. The third-order valence-electron chi connectivity index (χ3n) is 3.53. The van der Waals surface area contributed by atoms with Crippen molar-refractivity contribution in [3.8, 4) is 0 Å². The summed E-state index contributed by atoms with van der Waals surface area (Å²) in [7, 11) is 0. The van der Waals surface area contributed by atoms with E-state index in [2.05, 4.69) is 22.2 Å². The highest BCUT2D eigenvalue weighted by molar-refractivity contribution is 5.97. The van der Waals surface area contributed by atoms with Crippen LogP contribution in [0, 0.1) is 0 Å². The number of piperazine rings is 1. The molecule has 1 aliphatic rings. The number of hydrogen-bond donors (Lipinski definition) is 3. The lowest BCUT2D eigenvalue weighted by Gasteiger charge is -2.26. The van der Waals surface area contributed by atoms with E-state index in [-0.39, 0.29) is 18.4 Å². The van der Waals surface area contributed by atoms with Gasteiger partial charge in [0.25, 0.3) is 5.91 Å². The first kappa shape index (κ1) is 17.5. The molecule has 1 heterocycles. The van der Waals surface area contributed by atoms with Gasteiger partial charge in [-0.2, -0.15) is 0 Å². The molecule has 128 valence electrons. The van der Waals surface area contributed by atoms with Gasteiger partial charge in [0.05, 0.1) is 13.1 Å². The van der Waals surface area contributed by atoms with Crippen molar-refractivity contribution in [2.45, 2.75) is 13.5 Å². The zero-order chi connectivity index (χ0) is 17.5. The van der Waals surface area contributed by atoms with Gasteiger partial charge in [-0.15, -0.1) is 0 Å². The molecule has 24 heavy (non-hydrogen) atoms. The fourth-order valence-corrected chi connectivity index (χ4v) is 2.22. The highest BCUT2D eigenvalue weighted by atomic mass is 16.2. The second-order valence-corrected chi connectivity index (χ2v) is 5.79. The molecule has 0 aromatic heterocycles. The van der Waals surface area contributed by atoms with Crippen LogP contribution in [0.4, 0.5) is 0 Å². The molecule has 0 aliphatic carbocycles. The molecular weight excluding hydrogens is 306 g/mol. The highest BCUT2D eigenvalue weighted by Crippen LogP contribution is 2.09. The fourth-order valence-electron chi connectivity index (χ4n) is 2.22. The van der Waals surface area contributed by atoms with Gasteiger partial charge in [0.15, 0.2) is 5.96 Å². The summed E-state index contributed by atoms with van der Waals surface area (Å²) in [4.78, 5) is 29.5. The smallest absolute Gasteiger partial charge is 0.254 e. The second kappa shape index (κ2) is 8.14. The average Bonchev–Trinajstić information content (AvgIpc) is 2.58. The van der Waals surface area contributed by atoms with Gasteiger partial charge in [-0.3, -0.25) is 9.59 Å². The normalized spacial score (nSPS) is 15.0. The number of nitrogens with two attached hydrogens (primary N) is 1. The van der Waals surface area contributed by atoms with Crippen molar-refractivity contribution in [2.24, 2.45) is 10.7 Å². The van der Waals surface area contributed by atoms with Crippen LogP contribution in [0.25, 0.3) is 0 Å². The van der Waals surface area contributed by atoms with E-state index in [1.807, 2.05) is 19.1 Å². The molecule has 1 aromatic rings. The summed E-state index contributed by atoms with van der Waals surface area (Å²) in [5.74, 6) is 0.0957. The van der Waals surface area contributed by atoms with Crippen molar-refractivity contribution < 1.29 is 9.59 Å². The van der Waals surface area contributed by atoms with Crippen molar-refractivity contribution in [1.82, 2.24) is 15.5 Å². The Hall–Kier alpha value is -2.83. The molecule has 0 bridgehead atoms. The maximum Gasteiger partial charge on any atom is 0.254 e. The van der Waals surface area contributed by atoms with E-state index < -0.39 is 0 Å². The van der Waals surface area contributed by atoms with E-state index in [0.29, 0.717) is 37.7 Å². The number of carbonyl (C=O) groups excluding carboxylic acids is 2. The van der Waals surface area contributed by atoms with Crippen LogP contribution in [-0.4, -0.2) is 48.9 Å². The minimum absolute atomic E-state index is 0.107. The number of hydrogen-bond acceptors (Lipinski definition) is 3. The van der Waals surface area contributed by atoms with Gasteiger partial charge >= 0.3 is 0 Å². The SMILES string of the molecule is C=C(C)CNC(N)=NCc1ccc(C(=O)N2CCNC(=O)C2)cc1. The number of rotatable bonds is 5. The Morgan fingerprint density at radius 2 is 2.12 bits per heavy atom. The van der Waals surface area contributed by atoms with Gasteiger partial charge in [0.1, 0.15) is 0 Å². The van der Waals surface area contributed by atoms with Crippen molar-refractivity contribution in [3.63, 3.8) is 0 Å². The average molecular weight is 329 g/mol. The zero-order valence-corrected chi connectivity index (χ0v) is 13.8. The lowest BCUT2D eigenvalue weighted by molar-refractivity contribution is -0.123. The Balaban J connectivity index is 1.92. The van der Waals surface area contributed by atoms with E-state index in [0.717, 1.165) is 11.1 Å². The molecule has 4 N–H and O–H groups in total. The van der Waals surface area contributed by atoms with Crippen LogP contribution in [-0.2, 0) is 11.3 Å². The van der Waals surface area contributed by atoms with Gasteiger partial charge < -0.3 is 21.3 Å². The minimum atomic E-state index is -0.137. The van der Waals surface area contributed by atoms with Crippen LogP contribution < -0.4 is 16.4 Å². The largest absolute Gasteiger partial charge is 0.370 e. The first-order valence-corrected chi connectivity index (χ1v) is 7.79. The van der Waals surface area contributed by atoms with Gasteiger partial charge in [0, 0.05) is 25.2 Å². The second-order valence-electron chi connectivity index (χ2n) is 5.79. The lowest BCUT2D eigenvalue weighted by atomic mass is 10.1. The van der Waals surface area contributed by atoms with Crippen LogP contribution in [0.2, 0.25) is 0 Å². The van der Waals surface area contributed by atoms with E-state index in [1.54, 1.807) is 17.0 Å². The standard InChI is InChI=1S/C17H23N5O2/c1-12(2)9-20-17(18)21-10-13-3-5-14(6-4-13)16(24)22-8-7-19-15(23)11-22/h3-6H,1,7-11H2,2H3,(H,19,23)(H3,18,20,21). The van der Waals surface area contributed by atoms with Crippen LogP contribution in [0.3, 0.4) is 0 Å². The number of benzene rings is 1. The number of nitrogens with one attached hydrogen (secondary N) is 2. The zero-order valence-electron chi connectivity index (χ0n) is 13.8. The van der Waals surface area contributed by atoms with E-state index in [9.17, 15) is 9.59 Å². The Morgan fingerprint density at radius 3 is 2.75 bits per heavy atom. The van der Waals surface area contributed by atoms with Crippen LogP contribution in [0.15, 0.2) is 41.4 Å². The van der Waals surface area contributed by atoms with Gasteiger partial charge in [-0.05, 0) is 24.6 Å². The van der Waals surface area contributed by atoms with E-state index >= 15 is 0 Å². The van der Waals surface area contributed by atoms with Crippen molar-refractivity contribution in [1.29, 1.82) is 0 Å². The number of nitrogens with zero attached hydrogens (tertiary/aromatic N) is 2. The molecule has 0 saturated carbocycles. The molecule has 2 amide bonds. The third kappa shape index (κ3) is 5.12. The van der Waals surface area contributed by atoms with Gasteiger partial charge in [0.2, 0.25) is 5.91 Å². The van der Waals surface area contributed by atoms with E-state index in [4.69, 9.17) is 5.73 Å². The number of aliphatic imine (C=N–C) groups is 1. The van der Waals surface area contributed by atoms with Crippen LogP contribution in [0.1, 0.15) is 22.8 Å². The molecule has 0 spiro atoms. The van der Waals surface area contributed by atoms with Crippen molar-refractivity contribution >= 4 is 17.8 Å². The summed E-state index contributed by atoms with van der Waals surface area (Å²) < 4.78 is 0. The summed E-state index contributed by atoms with van der Waals surface area (Å²) in [5.41, 5.74) is 8.24. The maximum atomic E-state index is 12.4. The first-order valence-electron chi connectivity index (χ1n) is 7.79. The summed E-state index contributed by atoms with van der Waals surface area (Å²) >= 11 is 0. The Bertz CT molecular complexity index is 651. The van der Waals surface area contributed by atoms with Crippen LogP contribution >= 0.6 is 0 Å². The lowest BCUT2D eigenvalue weighted by Crippen LogP contribution is -2.49. The van der Waals surface area contributed by atoms with Gasteiger partial charge in [-0.1, -0.05) is 24.3 Å². The predicted octanol–water partition coefficient (Wildman–Crippen LogP) is 0.239. The van der Waals surface area contributed by atoms with Crippen LogP contribution in [0.5, 0.6) is 0 Å². The fraction of sp³-hybridized carbons (Fsp3) is 0.353.